The van der Waals surface area contributed by atoms with Gasteiger partial charge in [-0.3, -0.25) is 9.59 Å². The number of anilines is 1. The highest BCUT2D eigenvalue weighted by Crippen LogP contribution is 2.37. The number of hydrogen-bond donors (Lipinski definition) is 1. The molecule has 27 heavy (non-hydrogen) atoms. The molecule has 1 aliphatic rings. The van der Waals surface area contributed by atoms with Crippen LogP contribution < -0.4 is 19.7 Å². The summed E-state index contributed by atoms with van der Waals surface area (Å²) in [6, 6.07) is 11.9. The molecule has 1 heterocycles. The lowest BCUT2D eigenvalue weighted by Gasteiger charge is -2.18. The minimum absolute atomic E-state index is 0.160. The van der Waals surface area contributed by atoms with Gasteiger partial charge in [0.2, 0.25) is 5.91 Å². The molecular weight excluding hydrogens is 368 g/mol. The lowest BCUT2D eigenvalue weighted by atomic mass is 10.1. The van der Waals surface area contributed by atoms with E-state index in [9.17, 15) is 9.59 Å². The second-order valence-electron chi connectivity index (χ2n) is 6.20. The molecule has 6 nitrogen and oxygen atoms in total. The summed E-state index contributed by atoms with van der Waals surface area (Å²) in [5.74, 6) is 1.09. The van der Waals surface area contributed by atoms with Gasteiger partial charge in [0.15, 0.2) is 0 Å². The molecular formula is C20H21ClN2O4. The Morgan fingerprint density at radius 3 is 2.56 bits per heavy atom. The minimum Gasteiger partial charge on any atom is -0.497 e. The summed E-state index contributed by atoms with van der Waals surface area (Å²) < 4.78 is 10.8. The molecule has 142 valence electrons. The van der Waals surface area contributed by atoms with Gasteiger partial charge in [-0.15, -0.1) is 0 Å². The average Bonchev–Trinajstić information content (AvgIpc) is 2.90. The van der Waals surface area contributed by atoms with Gasteiger partial charge in [-0.05, 0) is 48.9 Å². The van der Waals surface area contributed by atoms with Crippen LogP contribution in [0.25, 0.3) is 0 Å². The van der Waals surface area contributed by atoms with Gasteiger partial charge >= 0.3 is 0 Å². The number of nitrogens with one attached hydrogen (secondary N) is 1. The Bertz CT molecular complexity index is 838. The zero-order valence-corrected chi connectivity index (χ0v) is 16.0. The highest BCUT2D eigenvalue weighted by molar-refractivity contribution is 6.31. The Kier molecular flexibility index (Phi) is 5.86. The molecule has 0 saturated heterocycles. The Hall–Kier alpha value is -2.73. The van der Waals surface area contributed by atoms with Gasteiger partial charge in [0.25, 0.3) is 5.91 Å². The average molecular weight is 389 g/mol. The van der Waals surface area contributed by atoms with Crippen LogP contribution in [0.15, 0.2) is 42.5 Å². The number of nitrogens with zero attached hydrogens (tertiary/aromatic N) is 1. The molecule has 0 fully saturated rings. The van der Waals surface area contributed by atoms with Crippen molar-refractivity contribution < 1.29 is 19.1 Å². The standard InChI is InChI=1S/C20H21ClN2O4/c1-13(24)22-19-17-12-14(21)4-9-18(17)23(20(19)25)10-3-11-27-16-7-5-15(26-2)6-8-16/h4-9,12,19H,3,10-11H2,1-2H3,(H,22,24)/t19-/m0/s1. The van der Waals surface area contributed by atoms with E-state index in [1.54, 1.807) is 24.1 Å². The molecule has 1 aliphatic heterocycles. The van der Waals surface area contributed by atoms with E-state index in [0.717, 1.165) is 22.7 Å². The summed E-state index contributed by atoms with van der Waals surface area (Å²) in [5, 5.41) is 3.23. The van der Waals surface area contributed by atoms with Crippen LogP contribution in [-0.4, -0.2) is 32.1 Å². The van der Waals surface area contributed by atoms with Crippen LogP contribution in [0.3, 0.4) is 0 Å². The van der Waals surface area contributed by atoms with Crippen LogP contribution in [0, 0.1) is 0 Å². The van der Waals surface area contributed by atoms with E-state index in [2.05, 4.69) is 5.32 Å². The van der Waals surface area contributed by atoms with E-state index in [1.807, 2.05) is 30.3 Å². The second-order valence-corrected chi connectivity index (χ2v) is 6.64. The van der Waals surface area contributed by atoms with Gasteiger partial charge in [0, 0.05) is 29.7 Å². The fourth-order valence-electron chi connectivity index (χ4n) is 3.07. The molecule has 0 spiro atoms. The Morgan fingerprint density at radius 2 is 1.89 bits per heavy atom. The van der Waals surface area contributed by atoms with Crippen LogP contribution in [0.1, 0.15) is 24.9 Å². The predicted molar refractivity (Wildman–Crippen MR) is 103 cm³/mol. The molecule has 3 rings (SSSR count). The zero-order chi connectivity index (χ0) is 19.4. The summed E-state index contributed by atoms with van der Waals surface area (Å²) in [6.45, 7) is 2.34. The highest BCUT2D eigenvalue weighted by atomic mass is 35.5. The number of rotatable bonds is 7. The molecule has 0 bridgehead atoms. The van der Waals surface area contributed by atoms with Gasteiger partial charge in [0.05, 0.1) is 13.7 Å². The number of benzene rings is 2. The molecule has 0 unspecified atom stereocenters. The number of methoxy groups -OCH3 is 1. The van der Waals surface area contributed by atoms with E-state index in [4.69, 9.17) is 21.1 Å². The smallest absolute Gasteiger partial charge is 0.254 e. The summed E-state index contributed by atoms with van der Waals surface area (Å²) in [6.07, 6.45) is 0.645. The van der Waals surface area contributed by atoms with E-state index < -0.39 is 6.04 Å². The quantitative estimate of drug-likeness (QED) is 0.739. The van der Waals surface area contributed by atoms with E-state index in [0.29, 0.717) is 24.6 Å². The zero-order valence-electron chi connectivity index (χ0n) is 15.2. The molecule has 0 radical (unpaired) electrons. The molecule has 7 heteroatoms. The molecule has 0 aliphatic carbocycles. The lowest BCUT2D eigenvalue weighted by Crippen LogP contribution is -2.37. The fraction of sp³-hybridized carbons (Fsp3) is 0.300. The molecule has 1 atom stereocenters. The molecule has 0 saturated carbocycles. The van der Waals surface area contributed by atoms with Gasteiger partial charge in [0.1, 0.15) is 17.5 Å². The number of halogens is 1. The Balaban J connectivity index is 1.62. The van der Waals surface area contributed by atoms with Crippen molar-refractivity contribution in [3.05, 3.63) is 53.1 Å². The molecule has 2 aromatic carbocycles. The van der Waals surface area contributed by atoms with Crippen molar-refractivity contribution >= 4 is 29.1 Å². The largest absolute Gasteiger partial charge is 0.497 e. The van der Waals surface area contributed by atoms with Crippen molar-refractivity contribution in [1.29, 1.82) is 0 Å². The monoisotopic (exact) mass is 388 g/mol. The first-order valence-corrected chi connectivity index (χ1v) is 9.02. The predicted octanol–water partition coefficient (Wildman–Crippen LogP) is 3.34. The van der Waals surface area contributed by atoms with Crippen LogP contribution in [-0.2, 0) is 9.59 Å². The van der Waals surface area contributed by atoms with Crippen molar-refractivity contribution in [2.75, 3.05) is 25.2 Å². The van der Waals surface area contributed by atoms with Crippen LogP contribution in [0.4, 0.5) is 5.69 Å². The first-order valence-electron chi connectivity index (χ1n) is 8.64. The third kappa shape index (κ3) is 4.34. The van der Waals surface area contributed by atoms with E-state index in [-0.39, 0.29) is 11.8 Å². The Labute approximate surface area is 163 Å². The molecule has 1 N–H and O–H groups in total. The number of carbonyl (C=O) groups is 2. The molecule has 0 aromatic heterocycles. The summed E-state index contributed by atoms with van der Waals surface area (Å²) >= 11 is 6.07. The fourth-order valence-corrected chi connectivity index (χ4v) is 3.25. The topological polar surface area (TPSA) is 67.9 Å². The Morgan fingerprint density at radius 1 is 1.19 bits per heavy atom. The van der Waals surface area contributed by atoms with Gasteiger partial charge in [-0.2, -0.15) is 0 Å². The van der Waals surface area contributed by atoms with Crippen molar-refractivity contribution in [3.8, 4) is 11.5 Å². The van der Waals surface area contributed by atoms with E-state index >= 15 is 0 Å². The number of hydrogen-bond acceptors (Lipinski definition) is 4. The normalized spacial score (nSPS) is 15.4. The first kappa shape index (κ1) is 19.0. The molecule has 2 amide bonds. The number of ether oxygens (including phenoxy) is 2. The second kappa shape index (κ2) is 8.31. The van der Waals surface area contributed by atoms with Gasteiger partial charge < -0.3 is 19.7 Å². The van der Waals surface area contributed by atoms with Crippen molar-refractivity contribution in [2.24, 2.45) is 0 Å². The maximum atomic E-state index is 12.8. The van der Waals surface area contributed by atoms with Crippen LogP contribution in [0.2, 0.25) is 5.02 Å². The SMILES string of the molecule is COc1ccc(OCCCN2C(=O)[C@@H](NC(C)=O)c3cc(Cl)ccc32)cc1. The summed E-state index contributed by atoms with van der Waals surface area (Å²) in [5.41, 5.74) is 1.49. The summed E-state index contributed by atoms with van der Waals surface area (Å²) in [7, 11) is 1.61. The number of carbonyl (C=O) groups excluding carboxylic acids is 2. The number of fused-ring (bicyclic) bond motifs is 1. The van der Waals surface area contributed by atoms with Gasteiger partial charge in [-0.25, -0.2) is 0 Å². The minimum atomic E-state index is -0.696. The third-order valence-electron chi connectivity index (χ3n) is 4.31. The van der Waals surface area contributed by atoms with Crippen LogP contribution in [0.5, 0.6) is 11.5 Å². The van der Waals surface area contributed by atoms with Crippen molar-refractivity contribution in [3.63, 3.8) is 0 Å². The highest BCUT2D eigenvalue weighted by Gasteiger charge is 2.37. The van der Waals surface area contributed by atoms with Crippen molar-refractivity contribution in [1.82, 2.24) is 5.32 Å². The molecule has 2 aromatic rings. The van der Waals surface area contributed by atoms with Crippen molar-refractivity contribution in [2.45, 2.75) is 19.4 Å². The van der Waals surface area contributed by atoms with Gasteiger partial charge in [-0.1, -0.05) is 11.6 Å². The maximum Gasteiger partial charge on any atom is 0.254 e. The maximum absolute atomic E-state index is 12.8. The third-order valence-corrected chi connectivity index (χ3v) is 4.54. The summed E-state index contributed by atoms with van der Waals surface area (Å²) in [4.78, 5) is 25.9. The van der Waals surface area contributed by atoms with E-state index in [1.165, 1.54) is 6.92 Å². The first-order chi connectivity index (χ1) is 13.0. The number of amides is 2. The lowest BCUT2D eigenvalue weighted by molar-refractivity contribution is -0.126. The van der Waals surface area contributed by atoms with Crippen LogP contribution >= 0.6 is 11.6 Å².